The minimum atomic E-state index is -0.402. The second-order valence-corrected chi connectivity index (χ2v) is 4.85. The third-order valence-electron chi connectivity index (χ3n) is 3.18. The van der Waals surface area contributed by atoms with Crippen LogP contribution in [-0.2, 0) is 25.5 Å². The van der Waals surface area contributed by atoms with E-state index < -0.39 is 5.97 Å². The van der Waals surface area contributed by atoms with Gasteiger partial charge in [-0.15, -0.1) is 0 Å². The zero-order chi connectivity index (χ0) is 17.1. The number of amides is 1. The van der Waals surface area contributed by atoms with Gasteiger partial charge in [0, 0.05) is 13.1 Å². The van der Waals surface area contributed by atoms with Crippen molar-refractivity contribution < 1.29 is 28.6 Å². The van der Waals surface area contributed by atoms with Crippen molar-refractivity contribution in [2.24, 2.45) is 0 Å². The lowest BCUT2D eigenvalue weighted by Gasteiger charge is -2.22. The van der Waals surface area contributed by atoms with E-state index in [-0.39, 0.29) is 50.9 Å². The number of hydrogen-bond acceptors (Lipinski definition) is 5. The van der Waals surface area contributed by atoms with Crippen LogP contribution in [0.5, 0.6) is 0 Å². The van der Waals surface area contributed by atoms with Crippen LogP contribution in [-0.4, -0.2) is 61.9 Å². The molecule has 0 aliphatic rings. The van der Waals surface area contributed by atoms with E-state index in [4.69, 9.17) is 9.84 Å². The van der Waals surface area contributed by atoms with Gasteiger partial charge in [-0.25, -0.2) is 4.39 Å². The maximum absolute atomic E-state index is 12.9. The molecule has 0 aliphatic carbocycles. The number of benzene rings is 1. The summed E-state index contributed by atoms with van der Waals surface area (Å²) in [6.45, 7) is 0.881. The molecule has 0 aromatic heterocycles. The molecular weight excluding hydrogens is 305 g/mol. The average molecular weight is 327 g/mol. The van der Waals surface area contributed by atoms with Crippen molar-refractivity contribution in [3.05, 3.63) is 35.6 Å². The molecule has 128 valence electrons. The highest BCUT2D eigenvalue weighted by Gasteiger charge is 2.15. The molecular formula is C16H22FNO5. The Hall–Kier alpha value is -1.99. The largest absolute Gasteiger partial charge is 0.469 e. The van der Waals surface area contributed by atoms with Crippen molar-refractivity contribution in [2.75, 3.05) is 40.0 Å². The Labute approximate surface area is 134 Å². The Morgan fingerprint density at radius 3 is 2.48 bits per heavy atom. The number of nitrogens with zero attached hydrogens (tertiary/aromatic N) is 1. The first-order valence-corrected chi connectivity index (χ1v) is 7.34. The van der Waals surface area contributed by atoms with Gasteiger partial charge < -0.3 is 19.5 Å². The van der Waals surface area contributed by atoms with Crippen LogP contribution in [0.4, 0.5) is 4.39 Å². The molecule has 0 fully saturated rings. The number of carbonyl (C=O) groups is 2. The number of ether oxygens (including phenoxy) is 2. The van der Waals surface area contributed by atoms with Crippen LogP contribution in [0.15, 0.2) is 24.3 Å². The highest BCUT2D eigenvalue weighted by molar-refractivity contribution is 5.79. The first kappa shape index (κ1) is 19.1. The molecule has 0 aliphatic heterocycles. The van der Waals surface area contributed by atoms with Gasteiger partial charge in [-0.05, 0) is 17.7 Å². The van der Waals surface area contributed by atoms with Crippen LogP contribution in [0.2, 0.25) is 0 Å². The number of hydrogen-bond donors (Lipinski definition) is 1. The van der Waals surface area contributed by atoms with Gasteiger partial charge in [0.2, 0.25) is 5.91 Å². The van der Waals surface area contributed by atoms with Crippen LogP contribution in [0.25, 0.3) is 0 Å². The van der Waals surface area contributed by atoms with E-state index >= 15 is 0 Å². The Morgan fingerprint density at radius 1 is 1.17 bits per heavy atom. The lowest BCUT2D eigenvalue weighted by molar-refractivity contribution is -0.141. The zero-order valence-electron chi connectivity index (χ0n) is 13.2. The van der Waals surface area contributed by atoms with Crippen molar-refractivity contribution in [1.82, 2.24) is 4.90 Å². The van der Waals surface area contributed by atoms with Gasteiger partial charge in [-0.1, -0.05) is 12.1 Å². The van der Waals surface area contributed by atoms with Crippen molar-refractivity contribution in [3.8, 4) is 0 Å². The maximum atomic E-state index is 12.9. The summed E-state index contributed by atoms with van der Waals surface area (Å²) in [7, 11) is 1.29. The van der Waals surface area contributed by atoms with Crippen molar-refractivity contribution in [2.45, 2.75) is 12.8 Å². The van der Waals surface area contributed by atoms with E-state index in [2.05, 4.69) is 4.74 Å². The summed E-state index contributed by atoms with van der Waals surface area (Å²) < 4.78 is 22.6. The van der Waals surface area contributed by atoms with Gasteiger partial charge in [0.1, 0.15) is 5.82 Å². The molecule has 0 saturated carbocycles. The number of carbonyl (C=O) groups excluding carboxylic acids is 2. The molecule has 0 bridgehead atoms. The number of rotatable bonds is 10. The van der Waals surface area contributed by atoms with Crippen LogP contribution in [0.3, 0.4) is 0 Å². The zero-order valence-corrected chi connectivity index (χ0v) is 13.2. The third-order valence-corrected chi connectivity index (χ3v) is 3.18. The normalized spacial score (nSPS) is 10.4. The summed E-state index contributed by atoms with van der Waals surface area (Å²) in [6.07, 6.45) is 0.201. The number of methoxy groups -OCH3 is 1. The molecule has 1 rings (SSSR count). The predicted molar refractivity (Wildman–Crippen MR) is 81.2 cm³/mol. The van der Waals surface area contributed by atoms with E-state index in [9.17, 15) is 14.0 Å². The third kappa shape index (κ3) is 7.71. The molecule has 1 amide bonds. The van der Waals surface area contributed by atoms with Crippen LogP contribution >= 0.6 is 0 Å². The number of aliphatic hydroxyl groups is 1. The van der Waals surface area contributed by atoms with E-state index in [0.29, 0.717) is 12.1 Å². The Bertz CT molecular complexity index is 492. The van der Waals surface area contributed by atoms with E-state index in [1.807, 2.05) is 0 Å². The Balaban J connectivity index is 2.58. The Morgan fingerprint density at radius 2 is 1.87 bits per heavy atom. The number of aliphatic hydroxyl groups excluding tert-OH is 1. The smallest absolute Gasteiger partial charge is 0.307 e. The lowest BCUT2D eigenvalue weighted by atomic mass is 10.1. The quantitative estimate of drug-likeness (QED) is 0.507. The summed E-state index contributed by atoms with van der Waals surface area (Å²) >= 11 is 0. The van der Waals surface area contributed by atoms with Crippen LogP contribution < -0.4 is 0 Å². The molecule has 0 heterocycles. The highest BCUT2D eigenvalue weighted by Crippen LogP contribution is 2.06. The lowest BCUT2D eigenvalue weighted by Crippen LogP contribution is -2.37. The SMILES string of the molecule is COC(=O)CCN(CCOCCO)C(=O)Cc1ccc(F)cc1. The first-order valence-electron chi connectivity index (χ1n) is 7.34. The Kier molecular flexibility index (Phi) is 8.86. The summed E-state index contributed by atoms with van der Waals surface area (Å²) in [5.41, 5.74) is 0.691. The fraction of sp³-hybridized carbons (Fsp3) is 0.500. The van der Waals surface area contributed by atoms with Gasteiger partial charge >= 0.3 is 5.97 Å². The molecule has 6 nitrogen and oxygen atoms in total. The number of esters is 1. The molecule has 0 spiro atoms. The highest BCUT2D eigenvalue weighted by atomic mass is 19.1. The van der Waals surface area contributed by atoms with Gasteiger partial charge in [0.25, 0.3) is 0 Å². The van der Waals surface area contributed by atoms with Gasteiger partial charge in [0.15, 0.2) is 0 Å². The second-order valence-electron chi connectivity index (χ2n) is 4.85. The molecule has 0 saturated heterocycles. The maximum Gasteiger partial charge on any atom is 0.307 e. The summed E-state index contributed by atoms with van der Waals surface area (Å²) in [5.74, 6) is -0.949. The topological polar surface area (TPSA) is 76.1 Å². The van der Waals surface area contributed by atoms with Gasteiger partial charge in [-0.2, -0.15) is 0 Å². The number of halogens is 1. The van der Waals surface area contributed by atoms with E-state index in [1.165, 1.54) is 24.1 Å². The molecule has 0 atom stereocenters. The standard InChI is InChI=1S/C16H22FNO5/c1-22-16(21)6-7-18(8-10-23-11-9-19)15(20)12-13-2-4-14(17)5-3-13/h2-5,19H,6-12H2,1H3. The monoisotopic (exact) mass is 327 g/mol. The molecule has 1 aromatic carbocycles. The van der Waals surface area contributed by atoms with E-state index in [1.54, 1.807) is 12.1 Å². The second kappa shape index (κ2) is 10.7. The minimum Gasteiger partial charge on any atom is -0.469 e. The molecule has 23 heavy (non-hydrogen) atoms. The molecule has 1 N–H and O–H groups in total. The average Bonchev–Trinajstić information content (AvgIpc) is 2.55. The summed E-state index contributed by atoms with van der Waals surface area (Å²) in [4.78, 5) is 25.1. The fourth-order valence-electron chi connectivity index (χ4n) is 1.92. The molecule has 1 aromatic rings. The van der Waals surface area contributed by atoms with E-state index in [0.717, 1.165) is 0 Å². The molecule has 0 radical (unpaired) electrons. The first-order chi connectivity index (χ1) is 11.1. The van der Waals surface area contributed by atoms with Crippen molar-refractivity contribution in [1.29, 1.82) is 0 Å². The predicted octanol–water partition coefficient (Wildman–Crippen LogP) is 0.769. The summed E-state index contributed by atoms with van der Waals surface area (Å²) in [5, 5.41) is 8.67. The van der Waals surface area contributed by atoms with Crippen LogP contribution in [0, 0.1) is 5.82 Å². The van der Waals surface area contributed by atoms with Crippen molar-refractivity contribution in [3.63, 3.8) is 0 Å². The van der Waals surface area contributed by atoms with Crippen LogP contribution in [0.1, 0.15) is 12.0 Å². The van der Waals surface area contributed by atoms with Crippen molar-refractivity contribution >= 4 is 11.9 Å². The fourth-order valence-corrected chi connectivity index (χ4v) is 1.92. The van der Waals surface area contributed by atoms with Gasteiger partial charge in [0.05, 0.1) is 39.8 Å². The van der Waals surface area contributed by atoms with Gasteiger partial charge in [-0.3, -0.25) is 9.59 Å². The molecule has 7 heteroatoms. The molecule has 0 unspecified atom stereocenters. The summed E-state index contributed by atoms with van der Waals surface area (Å²) in [6, 6.07) is 5.69. The minimum absolute atomic E-state index is 0.0889.